The van der Waals surface area contributed by atoms with Crippen LogP contribution >= 0.6 is 0 Å². The Kier molecular flexibility index (Phi) is 1.35. The van der Waals surface area contributed by atoms with Crippen LogP contribution in [0, 0.1) is 6.92 Å². The van der Waals surface area contributed by atoms with Crippen molar-refractivity contribution < 1.29 is 0 Å². The van der Waals surface area contributed by atoms with E-state index in [0.717, 1.165) is 23.0 Å². The number of benzene rings is 1. The molecule has 0 aliphatic heterocycles. The van der Waals surface area contributed by atoms with E-state index in [-0.39, 0.29) is 0 Å². The second-order valence-corrected chi connectivity index (χ2v) is 2.38. The van der Waals surface area contributed by atoms with Crippen LogP contribution < -0.4 is 0 Å². The summed E-state index contributed by atoms with van der Waals surface area (Å²) in [5.74, 6) is 0. The quantitative estimate of drug-likeness (QED) is 0.659. The summed E-state index contributed by atoms with van der Waals surface area (Å²) >= 11 is 0. The predicted octanol–water partition coefficient (Wildman–Crippen LogP) is 1.33. The van der Waals surface area contributed by atoms with E-state index >= 15 is 0 Å². The minimum absolute atomic E-state index is 0.754. The van der Waals surface area contributed by atoms with E-state index in [0.29, 0.717) is 0 Å². The number of aromatic nitrogens is 3. The maximum atomic E-state index is 3.94. The van der Waals surface area contributed by atoms with E-state index in [2.05, 4.69) is 22.3 Å². The third-order valence-electron chi connectivity index (χ3n) is 1.71. The Morgan fingerprint density at radius 3 is 3.18 bits per heavy atom. The van der Waals surface area contributed by atoms with Crippen molar-refractivity contribution in [2.24, 2.45) is 0 Å². The van der Waals surface area contributed by atoms with Crippen LogP contribution in [-0.4, -0.2) is 15.4 Å². The summed E-state index contributed by atoms with van der Waals surface area (Å²) < 4.78 is 0. The van der Waals surface area contributed by atoms with Gasteiger partial charge >= 0.3 is 0 Å². The molecule has 3 nitrogen and oxygen atoms in total. The summed E-state index contributed by atoms with van der Waals surface area (Å²) in [6, 6.07) is 5.94. The zero-order chi connectivity index (χ0) is 7.68. The summed E-state index contributed by atoms with van der Waals surface area (Å²) in [5, 5.41) is 10.5. The molecule has 0 saturated carbocycles. The standard InChI is InChI=1S/C8H8N3/c1-2-6-4-3-5-7-8(6)10-11-9-7/h3-5H,1-2H2,(H,9,10,11). The summed E-state index contributed by atoms with van der Waals surface area (Å²) in [6.07, 6.45) is 0.754. The maximum absolute atomic E-state index is 3.94. The number of hydrogen-bond donors (Lipinski definition) is 1. The number of nitrogens with zero attached hydrogens (tertiary/aromatic N) is 2. The molecule has 2 aromatic rings. The third kappa shape index (κ3) is 0.888. The largest absolute Gasteiger partial charge is 0.258 e. The van der Waals surface area contributed by atoms with Crippen LogP contribution in [0.3, 0.4) is 0 Å². The average Bonchev–Trinajstić information content (AvgIpc) is 2.50. The van der Waals surface area contributed by atoms with Crippen LogP contribution in [0.15, 0.2) is 18.2 Å². The maximum Gasteiger partial charge on any atom is 0.116 e. The first-order chi connectivity index (χ1) is 5.42. The van der Waals surface area contributed by atoms with Crippen LogP contribution in [0.4, 0.5) is 0 Å². The van der Waals surface area contributed by atoms with Crippen molar-refractivity contribution in [1.29, 1.82) is 0 Å². The molecule has 1 aromatic heterocycles. The molecule has 0 saturated heterocycles. The Balaban J connectivity index is 2.79. The van der Waals surface area contributed by atoms with Crippen molar-refractivity contribution in [2.45, 2.75) is 6.42 Å². The first-order valence-corrected chi connectivity index (χ1v) is 3.49. The minimum Gasteiger partial charge on any atom is -0.258 e. The molecule has 0 unspecified atom stereocenters. The van der Waals surface area contributed by atoms with Gasteiger partial charge in [0, 0.05) is 0 Å². The second kappa shape index (κ2) is 2.34. The van der Waals surface area contributed by atoms with Gasteiger partial charge in [-0.05, 0) is 25.0 Å². The second-order valence-electron chi connectivity index (χ2n) is 2.38. The fourth-order valence-corrected chi connectivity index (χ4v) is 1.13. The van der Waals surface area contributed by atoms with Gasteiger partial charge in [-0.2, -0.15) is 0 Å². The molecule has 0 fully saturated rings. The lowest BCUT2D eigenvalue weighted by Gasteiger charge is -1.93. The Bertz CT molecular complexity index is 364. The number of H-pyrrole nitrogens is 1. The smallest absolute Gasteiger partial charge is 0.116 e. The summed E-state index contributed by atoms with van der Waals surface area (Å²) in [4.78, 5) is 0. The molecule has 1 aromatic carbocycles. The molecule has 3 heteroatoms. The molecule has 55 valence electrons. The number of hydrogen-bond acceptors (Lipinski definition) is 2. The summed E-state index contributed by atoms with van der Waals surface area (Å²) in [5.41, 5.74) is 3.05. The fraction of sp³-hybridized carbons (Fsp3) is 0.125. The van der Waals surface area contributed by atoms with Gasteiger partial charge in [0.1, 0.15) is 5.52 Å². The molecule has 0 spiro atoms. The van der Waals surface area contributed by atoms with E-state index in [1.165, 1.54) is 0 Å². The average molecular weight is 146 g/mol. The van der Waals surface area contributed by atoms with Crippen molar-refractivity contribution in [3.05, 3.63) is 30.7 Å². The highest BCUT2D eigenvalue weighted by Gasteiger charge is 2.00. The molecular weight excluding hydrogens is 138 g/mol. The first kappa shape index (κ1) is 6.34. The van der Waals surface area contributed by atoms with Gasteiger partial charge in [0.05, 0.1) is 5.52 Å². The Hall–Kier alpha value is -1.38. The van der Waals surface area contributed by atoms with Crippen molar-refractivity contribution in [1.82, 2.24) is 15.4 Å². The normalized spacial score (nSPS) is 10.6. The van der Waals surface area contributed by atoms with Gasteiger partial charge in [0.2, 0.25) is 0 Å². The number of nitrogens with one attached hydrogen (secondary N) is 1. The summed E-state index contributed by atoms with van der Waals surface area (Å²) in [7, 11) is 0. The van der Waals surface area contributed by atoms with Crippen LogP contribution in [0.1, 0.15) is 5.56 Å². The van der Waals surface area contributed by atoms with Gasteiger partial charge in [-0.1, -0.05) is 17.3 Å². The first-order valence-electron chi connectivity index (χ1n) is 3.49. The Morgan fingerprint density at radius 1 is 1.45 bits per heavy atom. The van der Waals surface area contributed by atoms with E-state index in [1.54, 1.807) is 0 Å². The number of fused-ring (bicyclic) bond motifs is 1. The molecule has 0 amide bonds. The summed E-state index contributed by atoms with van der Waals surface area (Å²) in [6.45, 7) is 3.80. The lowest BCUT2D eigenvalue weighted by molar-refractivity contribution is 0.957. The zero-order valence-electron chi connectivity index (χ0n) is 6.04. The molecule has 1 radical (unpaired) electrons. The van der Waals surface area contributed by atoms with E-state index < -0.39 is 0 Å². The topological polar surface area (TPSA) is 41.6 Å². The predicted molar refractivity (Wildman–Crippen MR) is 42.9 cm³/mol. The highest BCUT2D eigenvalue weighted by molar-refractivity contribution is 5.77. The number of aromatic amines is 1. The Labute approximate surface area is 64.4 Å². The monoisotopic (exact) mass is 146 g/mol. The number of rotatable bonds is 1. The third-order valence-corrected chi connectivity index (χ3v) is 1.71. The van der Waals surface area contributed by atoms with Gasteiger partial charge in [-0.25, -0.2) is 0 Å². The molecule has 1 heterocycles. The van der Waals surface area contributed by atoms with E-state index in [9.17, 15) is 0 Å². The minimum atomic E-state index is 0.754. The Morgan fingerprint density at radius 2 is 2.36 bits per heavy atom. The SMILES string of the molecule is [CH2]Cc1cccc2[nH]nnc12. The van der Waals surface area contributed by atoms with Gasteiger partial charge in [-0.3, -0.25) is 5.10 Å². The van der Waals surface area contributed by atoms with E-state index in [4.69, 9.17) is 0 Å². The molecular formula is C8H8N3. The van der Waals surface area contributed by atoms with Crippen molar-refractivity contribution >= 4 is 11.0 Å². The van der Waals surface area contributed by atoms with Crippen molar-refractivity contribution in [3.63, 3.8) is 0 Å². The van der Waals surface area contributed by atoms with Crippen molar-refractivity contribution in [3.8, 4) is 0 Å². The van der Waals surface area contributed by atoms with Gasteiger partial charge in [0.25, 0.3) is 0 Å². The lowest BCUT2D eigenvalue weighted by Crippen LogP contribution is -1.81. The molecule has 0 aliphatic carbocycles. The highest BCUT2D eigenvalue weighted by atomic mass is 15.3. The van der Waals surface area contributed by atoms with Crippen LogP contribution in [-0.2, 0) is 6.42 Å². The molecule has 0 aliphatic rings. The van der Waals surface area contributed by atoms with Crippen LogP contribution in [0.5, 0.6) is 0 Å². The zero-order valence-corrected chi connectivity index (χ0v) is 6.04. The van der Waals surface area contributed by atoms with Gasteiger partial charge < -0.3 is 0 Å². The molecule has 2 rings (SSSR count). The van der Waals surface area contributed by atoms with Gasteiger partial charge in [0.15, 0.2) is 0 Å². The highest BCUT2D eigenvalue weighted by Crippen LogP contribution is 2.12. The lowest BCUT2D eigenvalue weighted by atomic mass is 10.1. The molecule has 11 heavy (non-hydrogen) atoms. The van der Waals surface area contributed by atoms with Crippen molar-refractivity contribution in [2.75, 3.05) is 0 Å². The van der Waals surface area contributed by atoms with Crippen LogP contribution in [0.2, 0.25) is 0 Å². The molecule has 1 N–H and O–H groups in total. The molecule has 0 atom stereocenters. The fourth-order valence-electron chi connectivity index (χ4n) is 1.13. The van der Waals surface area contributed by atoms with Crippen LogP contribution in [0.25, 0.3) is 11.0 Å². The van der Waals surface area contributed by atoms with E-state index in [1.807, 2.05) is 18.2 Å². The molecule has 0 bridgehead atoms. The van der Waals surface area contributed by atoms with Gasteiger partial charge in [-0.15, -0.1) is 5.10 Å².